The topological polar surface area (TPSA) is 80.3 Å². The molecule has 2 N–H and O–H groups in total. The number of benzene rings is 1. The molecule has 1 aliphatic rings. The summed E-state index contributed by atoms with van der Waals surface area (Å²) in [6, 6.07) is 11.2. The molecule has 27 heavy (non-hydrogen) atoms. The molecular formula is C21H25N3O3. The van der Waals surface area contributed by atoms with Crippen molar-refractivity contribution >= 4 is 11.8 Å². The molecule has 6 heteroatoms. The molecule has 3 rings (SSSR count). The van der Waals surface area contributed by atoms with E-state index in [0.717, 1.165) is 37.0 Å². The molecule has 142 valence electrons. The third kappa shape index (κ3) is 5.29. The van der Waals surface area contributed by atoms with Crippen LogP contribution < -0.4 is 15.4 Å². The smallest absolute Gasteiger partial charge is 0.269 e. The number of carbonyl (C=O) groups is 2. The molecule has 1 aliphatic carbocycles. The largest absolute Gasteiger partial charge is 0.497 e. The van der Waals surface area contributed by atoms with Crippen LogP contribution in [0.15, 0.2) is 42.6 Å². The Kier molecular flexibility index (Phi) is 6.41. The number of amides is 2. The van der Waals surface area contributed by atoms with Crippen LogP contribution in [0.5, 0.6) is 5.75 Å². The minimum atomic E-state index is -0.284. The molecule has 0 radical (unpaired) electrons. The van der Waals surface area contributed by atoms with Gasteiger partial charge in [-0.15, -0.1) is 0 Å². The summed E-state index contributed by atoms with van der Waals surface area (Å²) >= 11 is 0. The van der Waals surface area contributed by atoms with Gasteiger partial charge in [-0.25, -0.2) is 0 Å². The van der Waals surface area contributed by atoms with Gasteiger partial charge in [-0.1, -0.05) is 25.0 Å². The van der Waals surface area contributed by atoms with E-state index < -0.39 is 0 Å². The molecule has 0 aliphatic heterocycles. The summed E-state index contributed by atoms with van der Waals surface area (Å²) in [6.45, 7) is 0.478. The van der Waals surface area contributed by atoms with Gasteiger partial charge in [0.05, 0.1) is 7.11 Å². The Morgan fingerprint density at radius 1 is 1.15 bits per heavy atom. The van der Waals surface area contributed by atoms with Crippen LogP contribution in [0.3, 0.4) is 0 Å². The first-order valence-electron chi connectivity index (χ1n) is 9.34. The van der Waals surface area contributed by atoms with Crippen molar-refractivity contribution in [3.05, 3.63) is 59.4 Å². The highest BCUT2D eigenvalue weighted by Gasteiger charge is 2.19. The lowest BCUT2D eigenvalue weighted by molar-refractivity contribution is 0.0937. The van der Waals surface area contributed by atoms with Gasteiger partial charge in [-0.3, -0.25) is 14.6 Å². The van der Waals surface area contributed by atoms with E-state index in [1.54, 1.807) is 19.2 Å². The van der Waals surface area contributed by atoms with Gasteiger partial charge in [0, 0.05) is 24.3 Å². The minimum absolute atomic E-state index is 0.144. The van der Waals surface area contributed by atoms with Gasteiger partial charge in [-0.05, 0) is 49.1 Å². The van der Waals surface area contributed by atoms with E-state index in [4.69, 9.17) is 4.74 Å². The zero-order valence-corrected chi connectivity index (χ0v) is 15.5. The lowest BCUT2D eigenvalue weighted by atomic mass is 10.1. The van der Waals surface area contributed by atoms with E-state index in [1.165, 1.54) is 6.20 Å². The number of hydrogen-bond donors (Lipinski definition) is 2. The third-order valence-corrected chi connectivity index (χ3v) is 4.78. The van der Waals surface area contributed by atoms with Gasteiger partial charge in [0.25, 0.3) is 11.8 Å². The van der Waals surface area contributed by atoms with Crippen molar-refractivity contribution in [3.63, 3.8) is 0 Å². The Balaban J connectivity index is 1.54. The first-order valence-corrected chi connectivity index (χ1v) is 9.34. The second kappa shape index (κ2) is 9.16. The highest BCUT2D eigenvalue weighted by Crippen LogP contribution is 2.18. The maximum absolute atomic E-state index is 12.4. The molecular weight excluding hydrogens is 342 g/mol. The van der Waals surface area contributed by atoms with Gasteiger partial charge in [-0.2, -0.15) is 0 Å². The second-order valence-corrected chi connectivity index (χ2v) is 6.74. The van der Waals surface area contributed by atoms with Gasteiger partial charge in [0.1, 0.15) is 11.4 Å². The summed E-state index contributed by atoms with van der Waals surface area (Å²) in [7, 11) is 1.63. The molecule has 6 nitrogen and oxygen atoms in total. The molecule has 1 saturated carbocycles. The van der Waals surface area contributed by atoms with Crippen molar-refractivity contribution in [2.45, 2.75) is 38.1 Å². The first-order chi connectivity index (χ1) is 13.2. The number of pyridine rings is 1. The summed E-state index contributed by atoms with van der Waals surface area (Å²) < 4.78 is 5.20. The Hall–Kier alpha value is -2.89. The van der Waals surface area contributed by atoms with E-state index >= 15 is 0 Å². The van der Waals surface area contributed by atoms with Gasteiger partial charge in [0.2, 0.25) is 0 Å². The van der Waals surface area contributed by atoms with Crippen LogP contribution in [0, 0.1) is 0 Å². The average molecular weight is 367 g/mol. The number of nitrogens with one attached hydrogen (secondary N) is 2. The van der Waals surface area contributed by atoms with E-state index in [1.807, 2.05) is 24.3 Å². The predicted molar refractivity (Wildman–Crippen MR) is 103 cm³/mol. The highest BCUT2D eigenvalue weighted by atomic mass is 16.5. The van der Waals surface area contributed by atoms with Gasteiger partial charge in [0.15, 0.2) is 0 Å². The van der Waals surface area contributed by atoms with Crippen molar-refractivity contribution in [1.29, 1.82) is 0 Å². The van der Waals surface area contributed by atoms with Crippen molar-refractivity contribution in [3.8, 4) is 5.75 Å². The van der Waals surface area contributed by atoms with Crippen molar-refractivity contribution < 1.29 is 14.3 Å². The van der Waals surface area contributed by atoms with Crippen LogP contribution in [0.25, 0.3) is 0 Å². The first kappa shape index (κ1) is 18.9. The quantitative estimate of drug-likeness (QED) is 0.789. The van der Waals surface area contributed by atoms with Crippen LogP contribution in [-0.4, -0.2) is 36.5 Å². The lowest BCUT2D eigenvalue weighted by Gasteiger charge is -2.12. The molecule has 0 bridgehead atoms. The predicted octanol–water partition coefficient (Wildman–Crippen LogP) is 2.74. The zero-order valence-electron chi connectivity index (χ0n) is 15.5. The summed E-state index contributed by atoms with van der Waals surface area (Å²) in [6.07, 6.45) is 6.54. The maximum Gasteiger partial charge on any atom is 0.269 e. The third-order valence-electron chi connectivity index (χ3n) is 4.78. The molecule has 2 aromatic rings. The highest BCUT2D eigenvalue weighted by molar-refractivity contribution is 5.98. The maximum atomic E-state index is 12.4. The lowest BCUT2D eigenvalue weighted by Crippen LogP contribution is -2.33. The van der Waals surface area contributed by atoms with Crippen molar-refractivity contribution in [2.24, 2.45) is 0 Å². The van der Waals surface area contributed by atoms with E-state index in [9.17, 15) is 9.59 Å². The average Bonchev–Trinajstić information content (AvgIpc) is 3.21. The van der Waals surface area contributed by atoms with Gasteiger partial charge < -0.3 is 15.4 Å². The molecule has 0 saturated heterocycles. The van der Waals surface area contributed by atoms with E-state index in [-0.39, 0.29) is 23.6 Å². The molecule has 2 amide bonds. The molecule has 0 atom stereocenters. The molecule has 1 aromatic heterocycles. The number of hydrogen-bond acceptors (Lipinski definition) is 4. The SMILES string of the molecule is COc1cccc(CCNC(=O)c2cc(C(=O)NC3CCCC3)ccn2)c1. The van der Waals surface area contributed by atoms with Crippen LogP contribution in [-0.2, 0) is 6.42 Å². The fourth-order valence-corrected chi connectivity index (χ4v) is 3.27. The standard InChI is InChI=1S/C21H25N3O3/c1-27-18-8-4-5-15(13-18)9-11-23-21(26)19-14-16(10-12-22-19)20(25)24-17-6-2-3-7-17/h4-5,8,10,12-14,17H,2-3,6-7,9,11H2,1H3,(H,23,26)(H,24,25). The molecule has 1 heterocycles. The summed E-state index contributed by atoms with van der Waals surface area (Å²) in [5, 5.41) is 5.88. The van der Waals surface area contributed by atoms with E-state index in [0.29, 0.717) is 18.5 Å². The van der Waals surface area contributed by atoms with E-state index in [2.05, 4.69) is 15.6 Å². The molecule has 1 aromatic carbocycles. The number of methoxy groups -OCH3 is 1. The minimum Gasteiger partial charge on any atom is -0.497 e. The second-order valence-electron chi connectivity index (χ2n) is 6.74. The number of ether oxygens (including phenoxy) is 1. The Bertz CT molecular complexity index is 801. The zero-order chi connectivity index (χ0) is 19.1. The number of carbonyl (C=O) groups excluding carboxylic acids is 2. The Labute approximate surface area is 159 Å². The Morgan fingerprint density at radius 3 is 2.74 bits per heavy atom. The number of rotatable bonds is 7. The van der Waals surface area contributed by atoms with Crippen LogP contribution >= 0.6 is 0 Å². The normalized spacial score (nSPS) is 14.0. The monoisotopic (exact) mass is 367 g/mol. The van der Waals surface area contributed by atoms with Crippen LogP contribution in [0.2, 0.25) is 0 Å². The number of aromatic nitrogens is 1. The molecule has 0 spiro atoms. The van der Waals surface area contributed by atoms with Crippen LogP contribution in [0.1, 0.15) is 52.1 Å². The molecule has 1 fully saturated rings. The van der Waals surface area contributed by atoms with Crippen LogP contribution in [0.4, 0.5) is 0 Å². The summed E-state index contributed by atoms with van der Waals surface area (Å²) in [4.78, 5) is 28.8. The summed E-state index contributed by atoms with van der Waals surface area (Å²) in [5.41, 5.74) is 1.79. The fraction of sp³-hybridized carbons (Fsp3) is 0.381. The van der Waals surface area contributed by atoms with Crippen molar-refractivity contribution in [1.82, 2.24) is 15.6 Å². The fourth-order valence-electron chi connectivity index (χ4n) is 3.27. The van der Waals surface area contributed by atoms with Gasteiger partial charge >= 0.3 is 0 Å². The van der Waals surface area contributed by atoms with Crippen molar-refractivity contribution in [2.75, 3.05) is 13.7 Å². The number of nitrogens with zero attached hydrogens (tertiary/aromatic N) is 1. The Morgan fingerprint density at radius 2 is 1.96 bits per heavy atom. The molecule has 0 unspecified atom stereocenters. The summed E-state index contributed by atoms with van der Waals surface area (Å²) in [5.74, 6) is 0.365.